The van der Waals surface area contributed by atoms with Crippen LogP contribution in [0.3, 0.4) is 0 Å². The highest BCUT2D eigenvalue weighted by Gasteiger charge is 2.19. The Morgan fingerprint density at radius 2 is 2.11 bits per heavy atom. The Hall–Kier alpha value is -2.22. The topological polar surface area (TPSA) is 110 Å². The number of benzene rings is 1. The molecular weight excluding hydrogens is 256 g/mol. The molecule has 0 spiro atoms. The van der Waals surface area contributed by atoms with E-state index in [1.54, 1.807) is 0 Å². The average molecular weight is 268 g/mol. The van der Waals surface area contributed by atoms with Crippen molar-refractivity contribution in [2.75, 3.05) is 10.5 Å². The summed E-state index contributed by atoms with van der Waals surface area (Å²) in [6, 6.07) is 5.37. The van der Waals surface area contributed by atoms with E-state index < -0.39 is 10.0 Å². The molecule has 0 fully saturated rings. The largest absolute Gasteiger partial charge is 0.508 e. The second kappa shape index (κ2) is 4.22. The number of hydrogen-bond acceptors (Lipinski definition) is 5. The molecule has 1 heterocycles. The zero-order valence-corrected chi connectivity index (χ0v) is 10.3. The fourth-order valence-electron chi connectivity index (χ4n) is 1.47. The van der Waals surface area contributed by atoms with Crippen molar-refractivity contribution in [3.05, 3.63) is 30.5 Å². The fraction of sp³-hybridized carbons (Fsp3) is 0.100. The van der Waals surface area contributed by atoms with Crippen molar-refractivity contribution in [1.82, 2.24) is 9.78 Å². The number of rotatable bonds is 3. The van der Waals surface area contributed by atoms with Crippen LogP contribution < -0.4 is 10.5 Å². The van der Waals surface area contributed by atoms with Crippen molar-refractivity contribution in [3.63, 3.8) is 0 Å². The van der Waals surface area contributed by atoms with Gasteiger partial charge >= 0.3 is 0 Å². The highest BCUT2D eigenvalue weighted by atomic mass is 32.2. The first kappa shape index (κ1) is 12.2. The third kappa shape index (κ3) is 2.23. The molecular formula is C10H12N4O3S. The minimum Gasteiger partial charge on any atom is -0.508 e. The maximum Gasteiger partial charge on any atom is 0.279 e. The standard InChI is InChI=1S/C10H12N4O3S/c1-14-10(4-5-12-14)18(16,17)13-9-3-2-7(15)6-8(9)11/h2-6,13,15H,11H2,1H3. The number of anilines is 2. The zero-order chi connectivity index (χ0) is 13.3. The third-order valence-electron chi connectivity index (χ3n) is 2.33. The van der Waals surface area contributed by atoms with Gasteiger partial charge in [0.15, 0.2) is 5.03 Å². The summed E-state index contributed by atoms with van der Waals surface area (Å²) >= 11 is 0. The highest BCUT2D eigenvalue weighted by molar-refractivity contribution is 7.92. The van der Waals surface area contributed by atoms with E-state index in [4.69, 9.17) is 5.73 Å². The summed E-state index contributed by atoms with van der Waals surface area (Å²) in [7, 11) is -2.22. The summed E-state index contributed by atoms with van der Waals surface area (Å²) in [5, 5.41) is 13.0. The molecule has 18 heavy (non-hydrogen) atoms. The van der Waals surface area contributed by atoms with E-state index in [9.17, 15) is 13.5 Å². The van der Waals surface area contributed by atoms with Crippen LogP contribution in [-0.4, -0.2) is 23.3 Å². The number of nitrogens with one attached hydrogen (secondary N) is 1. The first-order valence-corrected chi connectivity index (χ1v) is 6.48. The first-order valence-electron chi connectivity index (χ1n) is 4.99. The van der Waals surface area contributed by atoms with Crippen molar-refractivity contribution in [2.45, 2.75) is 5.03 Å². The van der Waals surface area contributed by atoms with Gasteiger partial charge in [0.25, 0.3) is 10.0 Å². The molecule has 0 bridgehead atoms. The van der Waals surface area contributed by atoms with Crippen molar-refractivity contribution >= 4 is 21.4 Å². The summed E-state index contributed by atoms with van der Waals surface area (Å²) in [4.78, 5) is 0. The molecule has 1 aromatic heterocycles. The van der Waals surface area contributed by atoms with Crippen LogP contribution in [0.5, 0.6) is 5.75 Å². The predicted molar refractivity (Wildman–Crippen MR) is 66.5 cm³/mol. The fourth-order valence-corrected chi connectivity index (χ4v) is 2.68. The van der Waals surface area contributed by atoms with E-state index in [2.05, 4.69) is 9.82 Å². The van der Waals surface area contributed by atoms with Gasteiger partial charge in [-0.2, -0.15) is 13.5 Å². The number of nitrogens with zero attached hydrogens (tertiary/aromatic N) is 2. The molecule has 0 unspecified atom stereocenters. The molecule has 4 N–H and O–H groups in total. The van der Waals surface area contributed by atoms with E-state index in [1.165, 1.54) is 42.2 Å². The van der Waals surface area contributed by atoms with Gasteiger partial charge in [0.05, 0.1) is 17.6 Å². The lowest BCUT2D eigenvalue weighted by Crippen LogP contribution is -2.17. The third-order valence-corrected chi connectivity index (χ3v) is 3.77. The molecule has 96 valence electrons. The van der Waals surface area contributed by atoms with E-state index in [0.29, 0.717) is 0 Å². The van der Waals surface area contributed by atoms with Crippen LogP contribution in [0, 0.1) is 0 Å². The molecule has 1 aromatic carbocycles. The molecule has 2 aromatic rings. The second-order valence-corrected chi connectivity index (χ2v) is 5.30. The number of hydrogen-bond donors (Lipinski definition) is 3. The van der Waals surface area contributed by atoms with E-state index in [0.717, 1.165) is 0 Å². The molecule has 0 aliphatic rings. The van der Waals surface area contributed by atoms with Gasteiger partial charge in [-0.1, -0.05) is 0 Å². The Bertz CT molecular complexity index is 678. The summed E-state index contributed by atoms with van der Waals surface area (Å²) in [6.07, 6.45) is 1.38. The monoisotopic (exact) mass is 268 g/mol. The maximum atomic E-state index is 12.0. The Kier molecular flexibility index (Phi) is 2.87. The molecule has 0 amide bonds. The first-order chi connectivity index (χ1) is 8.40. The summed E-state index contributed by atoms with van der Waals surface area (Å²) < 4.78 is 27.6. The predicted octanol–water partition coefficient (Wildman–Crippen LogP) is 0.509. The molecule has 2 rings (SSSR count). The van der Waals surface area contributed by atoms with Crippen LogP contribution >= 0.6 is 0 Å². The summed E-state index contributed by atoms with van der Waals surface area (Å²) in [6.45, 7) is 0. The maximum absolute atomic E-state index is 12.0. The molecule has 0 aliphatic heterocycles. The number of aryl methyl sites for hydroxylation is 1. The number of aromatic nitrogens is 2. The Morgan fingerprint density at radius 1 is 1.39 bits per heavy atom. The summed E-state index contributed by atoms with van der Waals surface area (Å²) in [5.41, 5.74) is 5.95. The van der Waals surface area contributed by atoms with Crippen LogP contribution in [0.25, 0.3) is 0 Å². The molecule has 0 saturated heterocycles. The van der Waals surface area contributed by atoms with Gasteiger partial charge in [0.2, 0.25) is 0 Å². The minimum atomic E-state index is -3.75. The van der Waals surface area contributed by atoms with Gasteiger partial charge in [-0.3, -0.25) is 9.40 Å². The highest BCUT2D eigenvalue weighted by Crippen LogP contribution is 2.25. The quantitative estimate of drug-likeness (QED) is 0.555. The van der Waals surface area contributed by atoms with Crippen LogP contribution in [0.1, 0.15) is 0 Å². The lowest BCUT2D eigenvalue weighted by Gasteiger charge is -2.10. The summed E-state index contributed by atoms with van der Waals surface area (Å²) in [5.74, 6) is -0.0315. The SMILES string of the molecule is Cn1nccc1S(=O)(=O)Nc1ccc(O)cc1N. The lowest BCUT2D eigenvalue weighted by atomic mass is 10.2. The van der Waals surface area contributed by atoms with Crippen LogP contribution in [0.4, 0.5) is 11.4 Å². The number of phenolic OH excluding ortho intramolecular Hbond substituents is 1. The zero-order valence-electron chi connectivity index (χ0n) is 9.53. The van der Waals surface area contributed by atoms with Crippen molar-refractivity contribution in [1.29, 1.82) is 0 Å². The normalized spacial score (nSPS) is 11.4. The molecule has 7 nitrogen and oxygen atoms in total. The Morgan fingerprint density at radius 3 is 2.67 bits per heavy atom. The van der Waals surface area contributed by atoms with E-state index >= 15 is 0 Å². The number of nitrogens with two attached hydrogens (primary N) is 1. The molecule has 0 aliphatic carbocycles. The van der Waals surface area contributed by atoms with Crippen LogP contribution in [-0.2, 0) is 17.1 Å². The number of aromatic hydroxyl groups is 1. The Labute approximate surface area is 104 Å². The van der Waals surface area contributed by atoms with E-state index in [1.807, 2.05) is 0 Å². The van der Waals surface area contributed by atoms with E-state index in [-0.39, 0.29) is 22.2 Å². The lowest BCUT2D eigenvalue weighted by molar-refractivity contribution is 0.475. The van der Waals surface area contributed by atoms with Gasteiger partial charge in [-0.25, -0.2) is 0 Å². The number of nitrogen functional groups attached to an aromatic ring is 1. The van der Waals surface area contributed by atoms with Crippen molar-refractivity contribution < 1.29 is 13.5 Å². The van der Waals surface area contributed by atoms with Crippen molar-refractivity contribution in [2.24, 2.45) is 7.05 Å². The smallest absolute Gasteiger partial charge is 0.279 e. The molecule has 0 saturated carbocycles. The number of sulfonamides is 1. The second-order valence-electron chi connectivity index (χ2n) is 3.67. The van der Waals surface area contributed by atoms with Gasteiger partial charge in [-0.15, -0.1) is 0 Å². The van der Waals surface area contributed by atoms with Gasteiger partial charge in [0.1, 0.15) is 5.75 Å². The number of phenols is 1. The minimum absolute atomic E-state index is 0.0231. The Balaban J connectivity index is 2.37. The molecule has 0 radical (unpaired) electrons. The van der Waals surface area contributed by atoms with Crippen LogP contribution in [0.2, 0.25) is 0 Å². The van der Waals surface area contributed by atoms with Crippen LogP contribution in [0.15, 0.2) is 35.5 Å². The van der Waals surface area contributed by atoms with Gasteiger partial charge < -0.3 is 10.8 Å². The van der Waals surface area contributed by atoms with Crippen molar-refractivity contribution in [3.8, 4) is 5.75 Å². The van der Waals surface area contributed by atoms with Gasteiger partial charge in [-0.05, 0) is 18.2 Å². The molecule has 0 atom stereocenters. The average Bonchev–Trinajstić information content (AvgIpc) is 2.69. The molecule has 8 heteroatoms. The van der Waals surface area contributed by atoms with Gasteiger partial charge in [0, 0.05) is 13.1 Å².